The lowest BCUT2D eigenvalue weighted by Gasteiger charge is -2.34. The van der Waals surface area contributed by atoms with E-state index >= 15 is 0 Å². The SMILES string of the molecule is CCCCS(=O)(=O)NC1CCN(C(=O)C(C)Oc2ccccc2C(C)C)CC1. The third-order valence-electron chi connectivity index (χ3n) is 5.11. The highest BCUT2D eigenvalue weighted by atomic mass is 32.2. The van der Waals surface area contributed by atoms with Crippen molar-refractivity contribution in [1.29, 1.82) is 0 Å². The molecule has 1 atom stereocenters. The average Bonchev–Trinajstić information content (AvgIpc) is 2.66. The zero-order valence-electron chi connectivity index (χ0n) is 17.5. The van der Waals surface area contributed by atoms with Gasteiger partial charge in [-0.2, -0.15) is 0 Å². The summed E-state index contributed by atoms with van der Waals surface area (Å²) in [6.07, 6.45) is 2.21. The minimum absolute atomic E-state index is 0.0501. The molecule has 28 heavy (non-hydrogen) atoms. The molecular formula is C21H34N2O4S. The van der Waals surface area contributed by atoms with Gasteiger partial charge in [0, 0.05) is 19.1 Å². The second-order valence-corrected chi connectivity index (χ2v) is 9.72. The van der Waals surface area contributed by atoms with E-state index in [2.05, 4.69) is 18.6 Å². The Kier molecular flexibility index (Phi) is 8.31. The number of sulfonamides is 1. The summed E-state index contributed by atoms with van der Waals surface area (Å²) in [5, 5.41) is 0. The van der Waals surface area contributed by atoms with Gasteiger partial charge in [0.1, 0.15) is 5.75 Å². The van der Waals surface area contributed by atoms with E-state index < -0.39 is 16.1 Å². The lowest BCUT2D eigenvalue weighted by molar-refractivity contribution is -0.139. The van der Waals surface area contributed by atoms with Gasteiger partial charge in [-0.25, -0.2) is 13.1 Å². The van der Waals surface area contributed by atoms with E-state index in [0.717, 1.165) is 17.7 Å². The normalized spacial score (nSPS) is 17.0. The van der Waals surface area contributed by atoms with Crippen molar-refractivity contribution in [1.82, 2.24) is 9.62 Å². The van der Waals surface area contributed by atoms with Gasteiger partial charge in [0.15, 0.2) is 6.10 Å². The fraction of sp³-hybridized carbons (Fsp3) is 0.667. The van der Waals surface area contributed by atoms with Gasteiger partial charge in [0.2, 0.25) is 10.0 Å². The number of benzene rings is 1. The summed E-state index contributed by atoms with van der Waals surface area (Å²) in [5.41, 5.74) is 1.09. The molecule has 1 aliphatic heterocycles. The Balaban J connectivity index is 1.88. The van der Waals surface area contributed by atoms with Crippen molar-refractivity contribution in [3.8, 4) is 5.75 Å². The quantitative estimate of drug-likeness (QED) is 0.678. The number of hydrogen-bond donors (Lipinski definition) is 1. The molecule has 1 aromatic carbocycles. The van der Waals surface area contributed by atoms with E-state index in [9.17, 15) is 13.2 Å². The molecule has 1 unspecified atom stereocenters. The molecule has 0 aromatic heterocycles. The molecule has 1 N–H and O–H groups in total. The Morgan fingerprint density at radius 3 is 2.46 bits per heavy atom. The van der Waals surface area contributed by atoms with Crippen molar-refractivity contribution in [2.24, 2.45) is 0 Å². The Morgan fingerprint density at radius 2 is 1.86 bits per heavy atom. The van der Waals surface area contributed by atoms with Crippen LogP contribution in [0.2, 0.25) is 0 Å². The van der Waals surface area contributed by atoms with Crippen LogP contribution in [0.15, 0.2) is 24.3 Å². The summed E-state index contributed by atoms with van der Waals surface area (Å²) in [4.78, 5) is 14.6. The van der Waals surface area contributed by atoms with E-state index in [-0.39, 0.29) is 17.7 Å². The molecule has 0 spiro atoms. The van der Waals surface area contributed by atoms with E-state index in [1.165, 1.54) is 0 Å². The first-order chi connectivity index (χ1) is 13.2. The average molecular weight is 411 g/mol. The van der Waals surface area contributed by atoms with Crippen LogP contribution in [-0.2, 0) is 14.8 Å². The van der Waals surface area contributed by atoms with Gasteiger partial charge in [0.25, 0.3) is 5.91 Å². The molecule has 0 aliphatic carbocycles. The molecule has 1 aromatic rings. The largest absolute Gasteiger partial charge is 0.481 e. The van der Waals surface area contributed by atoms with Gasteiger partial charge in [0.05, 0.1) is 5.75 Å². The summed E-state index contributed by atoms with van der Waals surface area (Å²) in [6.45, 7) is 9.03. The molecule has 6 nitrogen and oxygen atoms in total. The van der Waals surface area contributed by atoms with Crippen LogP contribution in [-0.4, -0.2) is 50.2 Å². The first kappa shape index (κ1) is 22.7. The third kappa shape index (κ3) is 6.48. The van der Waals surface area contributed by atoms with Gasteiger partial charge in [-0.1, -0.05) is 45.4 Å². The van der Waals surface area contributed by atoms with Gasteiger partial charge in [-0.15, -0.1) is 0 Å². The number of piperidine rings is 1. The van der Waals surface area contributed by atoms with Crippen LogP contribution in [0.25, 0.3) is 0 Å². The smallest absolute Gasteiger partial charge is 0.263 e. The van der Waals surface area contributed by atoms with Gasteiger partial charge >= 0.3 is 0 Å². The number of ether oxygens (including phenoxy) is 1. The molecule has 1 amide bonds. The number of nitrogens with zero attached hydrogens (tertiary/aromatic N) is 1. The summed E-state index contributed by atoms with van der Waals surface area (Å²) in [7, 11) is -3.23. The van der Waals surface area contributed by atoms with Crippen molar-refractivity contribution in [3.63, 3.8) is 0 Å². The minimum Gasteiger partial charge on any atom is -0.481 e. The Labute approximate surface area is 169 Å². The number of para-hydroxylation sites is 1. The lowest BCUT2D eigenvalue weighted by Crippen LogP contribution is -2.49. The molecule has 0 radical (unpaired) electrons. The summed E-state index contributed by atoms with van der Waals surface area (Å²) < 4.78 is 32.9. The number of rotatable bonds is 9. The van der Waals surface area contributed by atoms with Crippen LogP contribution in [0.3, 0.4) is 0 Å². The molecule has 1 saturated heterocycles. The topological polar surface area (TPSA) is 75.7 Å². The highest BCUT2D eigenvalue weighted by Gasteiger charge is 2.29. The molecule has 1 heterocycles. The number of likely N-dealkylation sites (tertiary alicyclic amines) is 1. The standard InChI is InChI=1S/C21H34N2O4S/c1-5-6-15-28(25,26)22-18-11-13-23(14-12-18)21(24)17(4)27-20-10-8-7-9-19(20)16(2)3/h7-10,16-18,22H,5-6,11-15H2,1-4H3. The number of carbonyl (C=O) groups is 1. The van der Waals surface area contributed by atoms with E-state index in [0.29, 0.717) is 38.3 Å². The molecular weight excluding hydrogens is 376 g/mol. The second kappa shape index (κ2) is 10.3. The van der Waals surface area contributed by atoms with Crippen LogP contribution < -0.4 is 9.46 Å². The fourth-order valence-corrected chi connectivity index (χ4v) is 4.96. The Morgan fingerprint density at radius 1 is 1.21 bits per heavy atom. The Hall–Kier alpha value is -1.60. The minimum atomic E-state index is -3.23. The summed E-state index contributed by atoms with van der Waals surface area (Å²) >= 11 is 0. The molecule has 0 bridgehead atoms. The Bertz CT molecular complexity index is 741. The highest BCUT2D eigenvalue weighted by Crippen LogP contribution is 2.27. The fourth-order valence-electron chi connectivity index (χ4n) is 3.43. The van der Waals surface area contributed by atoms with Crippen LogP contribution in [0.4, 0.5) is 0 Å². The van der Waals surface area contributed by atoms with Crippen molar-refractivity contribution in [2.75, 3.05) is 18.8 Å². The maximum atomic E-state index is 12.8. The highest BCUT2D eigenvalue weighted by molar-refractivity contribution is 7.89. The van der Waals surface area contributed by atoms with Crippen molar-refractivity contribution >= 4 is 15.9 Å². The van der Waals surface area contributed by atoms with Crippen LogP contribution in [0.5, 0.6) is 5.75 Å². The number of amides is 1. The predicted octanol–water partition coefficient (Wildman–Crippen LogP) is 3.29. The molecule has 158 valence electrons. The number of unbranched alkanes of at least 4 members (excludes halogenated alkanes) is 1. The maximum Gasteiger partial charge on any atom is 0.263 e. The molecule has 1 aliphatic rings. The van der Waals surface area contributed by atoms with E-state index in [1.807, 2.05) is 31.2 Å². The van der Waals surface area contributed by atoms with Gasteiger partial charge in [-0.05, 0) is 43.7 Å². The first-order valence-electron chi connectivity index (χ1n) is 10.3. The van der Waals surface area contributed by atoms with Gasteiger partial charge in [-0.3, -0.25) is 4.79 Å². The van der Waals surface area contributed by atoms with Crippen molar-refractivity contribution in [2.45, 2.75) is 71.4 Å². The van der Waals surface area contributed by atoms with E-state index in [4.69, 9.17) is 4.74 Å². The predicted molar refractivity (Wildman–Crippen MR) is 112 cm³/mol. The second-order valence-electron chi connectivity index (χ2n) is 7.84. The summed E-state index contributed by atoms with van der Waals surface area (Å²) in [5.74, 6) is 1.18. The molecule has 7 heteroatoms. The van der Waals surface area contributed by atoms with Crippen molar-refractivity contribution < 1.29 is 17.9 Å². The van der Waals surface area contributed by atoms with E-state index in [1.54, 1.807) is 11.8 Å². The zero-order chi connectivity index (χ0) is 20.7. The molecule has 1 fully saturated rings. The lowest BCUT2D eigenvalue weighted by atomic mass is 10.0. The third-order valence-corrected chi connectivity index (χ3v) is 6.63. The van der Waals surface area contributed by atoms with Crippen LogP contribution in [0, 0.1) is 0 Å². The zero-order valence-corrected chi connectivity index (χ0v) is 18.3. The number of nitrogens with one attached hydrogen (secondary N) is 1. The van der Waals surface area contributed by atoms with Crippen LogP contribution >= 0.6 is 0 Å². The molecule has 2 rings (SSSR count). The van der Waals surface area contributed by atoms with Crippen molar-refractivity contribution in [3.05, 3.63) is 29.8 Å². The molecule has 0 saturated carbocycles. The first-order valence-corrected chi connectivity index (χ1v) is 11.9. The summed E-state index contributed by atoms with van der Waals surface area (Å²) in [6, 6.07) is 7.71. The maximum absolute atomic E-state index is 12.8. The monoisotopic (exact) mass is 410 g/mol. The van der Waals surface area contributed by atoms with Crippen LogP contribution in [0.1, 0.15) is 64.9 Å². The number of hydrogen-bond acceptors (Lipinski definition) is 4. The van der Waals surface area contributed by atoms with Gasteiger partial charge < -0.3 is 9.64 Å². The number of carbonyl (C=O) groups excluding carboxylic acids is 1.